The van der Waals surface area contributed by atoms with Crippen LogP contribution in [0, 0.1) is 0 Å². The lowest BCUT2D eigenvalue weighted by atomic mass is 10.0. The average molecular weight is 314 g/mol. The van der Waals surface area contributed by atoms with E-state index in [9.17, 15) is 9.59 Å². The van der Waals surface area contributed by atoms with Gasteiger partial charge in [0.1, 0.15) is 0 Å². The number of nitrogens with one attached hydrogen (secondary N) is 1. The lowest BCUT2D eigenvalue weighted by Gasteiger charge is -2.19. The zero-order chi connectivity index (χ0) is 16.2. The highest BCUT2D eigenvalue weighted by molar-refractivity contribution is 6.01. The van der Waals surface area contributed by atoms with Crippen LogP contribution < -0.4 is 10.2 Å². The largest absolute Gasteiger partial charge is 0.349 e. The first-order valence-electron chi connectivity index (χ1n) is 8.94. The zero-order valence-corrected chi connectivity index (χ0v) is 13.9. The van der Waals surface area contributed by atoms with Crippen LogP contribution >= 0.6 is 0 Å². The van der Waals surface area contributed by atoms with Gasteiger partial charge in [0, 0.05) is 30.3 Å². The molecule has 1 heterocycles. The minimum atomic E-state index is 0.0274. The lowest BCUT2D eigenvalue weighted by molar-refractivity contribution is -0.118. The fourth-order valence-corrected chi connectivity index (χ4v) is 3.78. The molecule has 0 radical (unpaired) electrons. The lowest BCUT2D eigenvalue weighted by Crippen LogP contribution is -2.34. The summed E-state index contributed by atoms with van der Waals surface area (Å²) in [5.74, 6) is 0.157. The predicted octanol–water partition coefficient (Wildman–Crippen LogP) is 3.44. The smallest absolute Gasteiger partial charge is 0.251 e. The Kier molecular flexibility index (Phi) is 4.99. The van der Waals surface area contributed by atoms with E-state index in [1.165, 1.54) is 25.7 Å². The summed E-state index contributed by atoms with van der Waals surface area (Å²) in [7, 11) is 0. The van der Waals surface area contributed by atoms with E-state index in [0.717, 1.165) is 36.1 Å². The molecular weight excluding hydrogens is 288 g/mol. The van der Waals surface area contributed by atoms with Gasteiger partial charge in [0.25, 0.3) is 5.91 Å². The van der Waals surface area contributed by atoms with E-state index in [1.54, 1.807) is 0 Å². The van der Waals surface area contributed by atoms with Crippen LogP contribution in [0.2, 0.25) is 0 Å². The molecule has 2 aliphatic rings. The first-order valence-corrected chi connectivity index (χ1v) is 8.94. The Labute approximate surface area is 138 Å². The number of hydrogen-bond donors (Lipinski definition) is 1. The molecule has 0 unspecified atom stereocenters. The molecule has 23 heavy (non-hydrogen) atoms. The normalized spacial score (nSPS) is 18.4. The Morgan fingerprint density at radius 1 is 1.17 bits per heavy atom. The molecular formula is C19H26N2O2. The van der Waals surface area contributed by atoms with E-state index >= 15 is 0 Å². The van der Waals surface area contributed by atoms with Crippen molar-refractivity contribution >= 4 is 17.5 Å². The van der Waals surface area contributed by atoms with Gasteiger partial charge in [-0.15, -0.1) is 0 Å². The summed E-state index contributed by atoms with van der Waals surface area (Å²) in [5.41, 5.74) is 2.70. The monoisotopic (exact) mass is 314 g/mol. The van der Waals surface area contributed by atoms with E-state index < -0.39 is 0 Å². The summed E-state index contributed by atoms with van der Waals surface area (Å²) in [6.45, 7) is 2.57. The van der Waals surface area contributed by atoms with Crippen molar-refractivity contribution in [1.82, 2.24) is 5.32 Å². The minimum Gasteiger partial charge on any atom is -0.349 e. The molecule has 0 spiro atoms. The Bertz CT molecular complexity index is 589. The maximum Gasteiger partial charge on any atom is 0.251 e. The summed E-state index contributed by atoms with van der Waals surface area (Å²) in [5, 5.41) is 3.22. The van der Waals surface area contributed by atoms with Crippen LogP contribution in [0.25, 0.3) is 0 Å². The topological polar surface area (TPSA) is 49.4 Å². The molecule has 1 aromatic carbocycles. The SMILES string of the molecule is CCC(=O)N1CCc2c(C(=O)NC3CCCCCC3)cccc21. The fourth-order valence-electron chi connectivity index (χ4n) is 3.78. The van der Waals surface area contributed by atoms with Gasteiger partial charge in [-0.25, -0.2) is 0 Å². The van der Waals surface area contributed by atoms with Crippen molar-refractivity contribution in [2.45, 2.75) is 64.3 Å². The molecule has 1 N–H and O–H groups in total. The molecule has 1 aliphatic heterocycles. The van der Waals surface area contributed by atoms with Crippen molar-refractivity contribution in [2.24, 2.45) is 0 Å². The molecule has 0 atom stereocenters. The molecule has 0 aromatic heterocycles. The van der Waals surface area contributed by atoms with Gasteiger partial charge in [-0.2, -0.15) is 0 Å². The molecule has 0 saturated heterocycles. The van der Waals surface area contributed by atoms with Crippen LogP contribution in [0.5, 0.6) is 0 Å². The Balaban J connectivity index is 1.77. The molecule has 1 aliphatic carbocycles. The second-order valence-electron chi connectivity index (χ2n) is 6.61. The number of hydrogen-bond acceptors (Lipinski definition) is 2. The van der Waals surface area contributed by atoms with Crippen LogP contribution in [0.1, 0.15) is 67.8 Å². The number of benzene rings is 1. The summed E-state index contributed by atoms with van der Waals surface area (Å²) >= 11 is 0. The number of nitrogens with zero attached hydrogens (tertiary/aromatic N) is 1. The summed E-state index contributed by atoms with van der Waals surface area (Å²) < 4.78 is 0. The second kappa shape index (κ2) is 7.16. The third-order valence-electron chi connectivity index (χ3n) is 5.07. The highest BCUT2D eigenvalue weighted by Crippen LogP contribution is 2.31. The maximum atomic E-state index is 12.7. The molecule has 2 amide bonds. The Morgan fingerprint density at radius 2 is 1.91 bits per heavy atom. The summed E-state index contributed by atoms with van der Waals surface area (Å²) in [4.78, 5) is 26.6. The molecule has 0 bridgehead atoms. The van der Waals surface area contributed by atoms with E-state index in [-0.39, 0.29) is 11.8 Å². The van der Waals surface area contributed by atoms with Crippen LogP contribution in [0.4, 0.5) is 5.69 Å². The molecule has 1 saturated carbocycles. The highest BCUT2D eigenvalue weighted by atomic mass is 16.2. The van der Waals surface area contributed by atoms with Crippen LogP contribution in [-0.2, 0) is 11.2 Å². The molecule has 4 heteroatoms. The second-order valence-corrected chi connectivity index (χ2v) is 6.61. The fraction of sp³-hybridized carbons (Fsp3) is 0.579. The Hall–Kier alpha value is -1.84. The number of rotatable bonds is 3. The first-order chi connectivity index (χ1) is 11.2. The third kappa shape index (κ3) is 3.41. The van der Waals surface area contributed by atoms with Gasteiger partial charge in [0.2, 0.25) is 5.91 Å². The molecule has 124 valence electrons. The van der Waals surface area contributed by atoms with Crippen LogP contribution in [0.15, 0.2) is 18.2 Å². The van der Waals surface area contributed by atoms with Gasteiger partial charge >= 0.3 is 0 Å². The van der Waals surface area contributed by atoms with E-state index in [4.69, 9.17) is 0 Å². The van der Waals surface area contributed by atoms with Gasteiger partial charge in [0.05, 0.1) is 0 Å². The maximum absolute atomic E-state index is 12.7. The zero-order valence-electron chi connectivity index (χ0n) is 13.9. The number of carbonyl (C=O) groups excluding carboxylic acids is 2. The van der Waals surface area contributed by atoms with E-state index in [2.05, 4.69) is 5.32 Å². The van der Waals surface area contributed by atoms with E-state index in [1.807, 2.05) is 30.0 Å². The molecule has 3 rings (SSSR count). The van der Waals surface area contributed by atoms with Gasteiger partial charge in [0.15, 0.2) is 0 Å². The minimum absolute atomic E-state index is 0.0274. The van der Waals surface area contributed by atoms with Crippen molar-refractivity contribution in [3.05, 3.63) is 29.3 Å². The quantitative estimate of drug-likeness (QED) is 0.869. The van der Waals surface area contributed by atoms with Gasteiger partial charge < -0.3 is 10.2 Å². The van der Waals surface area contributed by atoms with Gasteiger partial charge in [-0.3, -0.25) is 9.59 Å². The van der Waals surface area contributed by atoms with Crippen LogP contribution in [-0.4, -0.2) is 24.4 Å². The Morgan fingerprint density at radius 3 is 2.61 bits per heavy atom. The highest BCUT2D eigenvalue weighted by Gasteiger charge is 2.28. The number of carbonyl (C=O) groups is 2. The molecule has 1 aromatic rings. The third-order valence-corrected chi connectivity index (χ3v) is 5.07. The van der Waals surface area contributed by atoms with Crippen molar-refractivity contribution in [3.8, 4) is 0 Å². The van der Waals surface area contributed by atoms with Crippen LogP contribution in [0.3, 0.4) is 0 Å². The van der Waals surface area contributed by atoms with E-state index in [0.29, 0.717) is 19.0 Å². The van der Waals surface area contributed by atoms with Gasteiger partial charge in [-0.05, 0) is 37.0 Å². The predicted molar refractivity (Wildman–Crippen MR) is 91.7 cm³/mol. The first kappa shape index (κ1) is 16.0. The summed E-state index contributed by atoms with van der Waals surface area (Å²) in [6, 6.07) is 6.04. The summed E-state index contributed by atoms with van der Waals surface area (Å²) in [6.07, 6.45) is 8.41. The van der Waals surface area contributed by atoms with Crippen molar-refractivity contribution in [2.75, 3.05) is 11.4 Å². The molecule has 1 fully saturated rings. The number of fused-ring (bicyclic) bond motifs is 1. The number of anilines is 1. The standard InChI is InChI=1S/C19H26N2O2/c1-2-18(22)21-13-12-15-16(10-7-11-17(15)21)19(23)20-14-8-5-3-4-6-9-14/h7,10-11,14H,2-6,8-9,12-13H2,1H3,(H,20,23). The van der Waals surface area contributed by atoms with Gasteiger partial charge in [-0.1, -0.05) is 38.7 Å². The molecule has 4 nitrogen and oxygen atoms in total. The van der Waals surface area contributed by atoms with Crippen molar-refractivity contribution < 1.29 is 9.59 Å². The van der Waals surface area contributed by atoms with Crippen molar-refractivity contribution in [1.29, 1.82) is 0 Å². The average Bonchev–Trinajstić information content (AvgIpc) is 2.84. The number of amides is 2. The van der Waals surface area contributed by atoms with Crippen molar-refractivity contribution in [3.63, 3.8) is 0 Å².